The molecule has 1 atom stereocenters. The maximum absolute atomic E-state index is 13.4. The molecule has 0 radical (unpaired) electrons. The molecule has 0 saturated carbocycles. The second-order valence-electron chi connectivity index (χ2n) is 10.2. The van der Waals surface area contributed by atoms with E-state index in [0.29, 0.717) is 49.5 Å². The van der Waals surface area contributed by atoms with E-state index in [4.69, 9.17) is 16.6 Å². The second-order valence-corrected chi connectivity index (χ2v) is 10.7. The molecule has 0 spiro atoms. The number of imidazole rings is 1. The molecular weight excluding hydrogens is 496 g/mol. The third-order valence-electron chi connectivity index (χ3n) is 7.61. The van der Waals surface area contributed by atoms with Gasteiger partial charge in [0, 0.05) is 52.0 Å². The summed E-state index contributed by atoms with van der Waals surface area (Å²) < 4.78 is 2.01. The molecule has 0 aliphatic carbocycles. The average Bonchev–Trinajstić information content (AvgIpc) is 3.28. The lowest BCUT2D eigenvalue weighted by atomic mass is 9.93. The van der Waals surface area contributed by atoms with Gasteiger partial charge in [-0.05, 0) is 32.9 Å². The molecule has 37 heavy (non-hydrogen) atoms. The lowest BCUT2D eigenvalue weighted by Gasteiger charge is -2.44. The van der Waals surface area contributed by atoms with E-state index in [1.54, 1.807) is 11.1 Å². The van der Waals surface area contributed by atoms with Crippen molar-refractivity contribution in [2.75, 3.05) is 49.6 Å². The van der Waals surface area contributed by atoms with Crippen molar-refractivity contribution in [1.82, 2.24) is 29.2 Å². The van der Waals surface area contributed by atoms with E-state index >= 15 is 0 Å². The number of hydrogen-bond acceptors (Lipinski definition) is 7. The Kier molecular flexibility index (Phi) is 6.35. The summed E-state index contributed by atoms with van der Waals surface area (Å²) >= 11 is 6.45. The molecule has 2 aliphatic heterocycles. The Morgan fingerprint density at radius 1 is 1.11 bits per heavy atom. The van der Waals surface area contributed by atoms with E-state index < -0.39 is 11.6 Å². The number of aromatic nitrogens is 4. The standard InChI is InChI=1S/C25H31ClN8O3/c1-16-13-31(9-10-33(16)24(36)37)23-28-11-18(26)21(29-23)32-14-17(15-32)22(35)30(4)25(2,3)19-12-27-20-7-5-6-8-34(19)20/h5-8,11-12,16-17H,9-10,13-15H2,1-4H3,(H,36,37)/t16-/m1/s1. The maximum atomic E-state index is 13.4. The minimum Gasteiger partial charge on any atom is -0.465 e. The molecule has 3 aromatic heterocycles. The number of piperazine rings is 1. The number of fused-ring (bicyclic) bond motifs is 1. The van der Waals surface area contributed by atoms with Crippen molar-refractivity contribution in [2.24, 2.45) is 5.92 Å². The number of nitrogens with zero attached hydrogens (tertiary/aromatic N) is 8. The summed E-state index contributed by atoms with van der Waals surface area (Å²) in [5, 5.41) is 9.76. The van der Waals surface area contributed by atoms with Gasteiger partial charge in [-0.2, -0.15) is 4.98 Å². The molecule has 12 heteroatoms. The molecule has 5 rings (SSSR count). The van der Waals surface area contributed by atoms with E-state index in [2.05, 4.69) is 9.97 Å². The second kappa shape index (κ2) is 9.37. The minimum atomic E-state index is -0.921. The monoisotopic (exact) mass is 526 g/mol. The highest BCUT2D eigenvalue weighted by molar-refractivity contribution is 6.32. The highest BCUT2D eigenvalue weighted by Crippen LogP contribution is 2.34. The van der Waals surface area contributed by atoms with Crippen LogP contribution in [0.5, 0.6) is 0 Å². The zero-order valence-corrected chi connectivity index (χ0v) is 22.1. The van der Waals surface area contributed by atoms with Crippen molar-refractivity contribution < 1.29 is 14.7 Å². The Labute approximate surface area is 220 Å². The summed E-state index contributed by atoms with van der Waals surface area (Å²) in [6, 6.07) is 5.66. The van der Waals surface area contributed by atoms with Crippen molar-refractivity contribution in [3.05, 3.63) is 47.5 Å². The van der Waals surface area contributed by atoms with Crippen LogP contribution in [0.15, 0.2) is 36.8 Å². The van der Waals surface area contributed by atoms with Gasteiger partial charge >= 0.3 is 6.09 Å². The first kappa shape index (κ1) is 25.1. The normalized spacial score (nSPS) is 18.7. The number of halogens is 1. The summed E-state index contributed by atoms with van der Waals surface area (Å²) in [6.45, 7) is 8.31. The van der Waals surface area contributed by atoms with E-state index in [0.717, 1.165) is 11.3 Å². The van der Waals surface area contributed by atoms with Crippen molar-refractivity contribution in [3.8, 4) is 0 Å². The van der Waals surface area contributed by atoms with Crippen LogP contribution < -0.4 is 9.80 Å². The summed E-state index contributed by atoms with van der Waals surface area (Å²) in [5.41, 5.74) is 1.22. The van der Waals surface area contributed by atoms with Gasteiger partial charge in [0.25, 0.3) is 0 Å². The zero-order valence-electron chi connectivity index (χ0n) is 21.4. The van der Waals surface area contributed by atoms with Crippen molar-refractivity contribution in [2.45, 2.75) is 32.4 Å². The summed E-state index contributed by atoms with van der Waals surface area (Å²) in [5.74, 6) is 0.970. The van der Waals surface area contributed by atoms with Gasteiger partial charge in [-0.15, -0.1) is 0 Å². The van der Waals surface area contributed by atoms with E-state index in [1.807, 2.05) is 72.6 Å². The summed E-state index contributed by atoms with van der Waals surface area (Å²) in [7, 11) is 1.83. The van der Waals surface area contributed by atoms with Gasteiger partial charge in [-0.3, -0.25) is 4.79 Å². The van der Waals surface area contributed by atoms with Gasteiger partial charge < -0.3 is 29.1 Å². The van der Waals surface area contributed by atoms with Crippen molar-refractivity contribution >= 4 is 41.0 Å². The van der Waals surface area contributed by atoms with Crippen LogP contribution in [0.25, 0.3) is 5.65 Å². The molecule has 2 amide bonds. The Balaban J connectivity index is 1.26. The number of anilines is 2. The topological polar surface area (TPSA) is 110 Å². The number of carbonyl (C=O) groups is 2. The maximum Gasteiger partial charge on any atom is 0.407 e. The largest absolute Gasteiger partial charge is 0.465 e. The van der Waals surface area contributed by atoms with Gasteiger partial charge in [0.05, 0.1) is 29.5 Å². The molecule has 2 fully saturated rings. The zero-order chi connectivity index (χ0) is 26.5. The number of hydrogen-bond donors (Lipinski definition) is 1. The van der Waals surface area contributed by atoms with Gasteiger partial charge in [0.2, 0.25) is 11.9 Å². The third kappa shape index (κ3) is 4.41. The highest BCUT2D eigenvalue weighted by atomic mass is 35.5. The number of rotatable bonds is 5. The Morgan fingerprint density at radius 3 is 2.57 bits per heavy atom. The van der Waals surface area contributed by atoms with Crippen LogP contribution in [0, 0.1) is 5.92 Å². The fraction of sp³-hybridized carbons (Fsp3) is 0.480. The first-order valence-corrected chi connectivity index (χ1v) is 12.7. The van der Waals surface area contributed by atoms with Crippen LogP contribution in [-0.4, -0.2) is 92.1 Å². The van der Waals surface area contributed by atoms with Crippen molar-refractivity contribution in [3.63, 3.8) is 0 Å². The van der Waals surface area contributed by atoms with Gasteiger partial charge in [-0.25, -0.2) is 14.8 Å². The molecule has 0 bridgehead atoms. The lowest BCUT2D eigenvalue weighted by Crippen LogP contribution is -2.57. The van der Waals surface area contributed by atoms with Crippen LogP contribution in [0.1, 0.15) is 26.5 Å². The fourth-order valence-electron chi connectivity index (χ4n) is 5.06. The Bertz CT molecular complexity index is 1340. The van der Waals surface area contributed by atoms with Gasteiger partial charge in [0.1, 0.15) is 10.7 Å². The van der Waals surface area contributed by atoms with Crippen LogP contribution in [0.4, 0.5) is 16.6 Å². The quantitative estimate of drug-likeness (QED) is 0.540. The third-order valence-corrected chi connectivity index (χ3v) is 7.88. The molecule has 11 nitrogen and oxygen atoms in total. The first-order valence-electron chi connectivity index (χ1n) is 12.3. The fourth-order valence-corrected chi connectivity index (χ4v) is 5.27. The minimum absolute atomic E-state index is 0.0520. The van der Waals surface area contributed by atoms with Crippen LogP contribution in [0.2, 0.25) is 5.02 Å². The molecule has 5 heterocycles. The van der Waals surface area contributed by atoms with Crippen LogP contribution in [0.3, 0.4) is 0 Å². The van der Waals surface area contributed by atoms with E-state index in [9.17, 15) is 14.7 Å². The van der Waals surface area contributed by atoms with Gasteiger partial charge in [0.15, 0.2) is 5.82 Å². The first-order chi connectivity index (χ1) is 17.6. The average molecular weight is 527 g/mol. The van der Waals surface area contributed by atoms with Crippen LogP contribution >= 0.6 is 11.6 Å². The molecule has 2 aliphatic rings. The molecule has 196 valence electrons. The highest BCUT2D eigenvalue weighted by Gasteiger charge is 2.41. The summed E-state index contributed by atoms with van der Waals surface area (Å²) in [6.07, 6.45) is 4.43. The Hall–Kier alpha value is -3.60. The molecule has 0 unspecified atom stereocenters. The number of carboxylic acid groups (broad SMARTS) is 1. The lowest BCUT2D eigenvalue weighted by molar-refractivity contribution is -0.140. The molecule has 2 saturated heterocycles. The summed E-state index contributed by atoms with van der Waals surface area (Å²) in [4.78, 5) is 45.6. The van der Waals surface area contributed by atoms with Crippen LogP contribution in [-0.2, 0) is 10.3 Å². The van der Waals surface area contributed by atoms with Crippen molar-refractivity contribution in [1.29, 1.82) is 0 Å². The number of pyridine rings is 1. The smallest absolute Gasteiger partial charge is 0.407 e. The van der Waals surface area contributed by atoms with E-state index in [-0.39, 0.29) is 17.9 Å². The number of amides is 2. The molecular formula is C25H31ClN8O3. The van der Waals surface area contributed by atoms with E-state index in [1.165, 1.54) is 4.90 Å². The predicted octanol–water partition coefficient (Wildman–Crippen LogP) is 2.80. The Morgan fingerprint density at radius 2 is 1.86 bits per heavy atom. The van der Waals surface area contributed by atoms with Gasteiger partial charge in [-0.1, -0.05) is 17.7 Å². The number of carbonyl (C=O) groups excluding carboxylic acids is 1. The molecule has 3 aromatic rings. The predicted molar refractivity (Wildman–Crippen MR) is 140 cm³/mol. The molecule has 1 N–H and O–H groups in total. The molecule has 0 aromatic carbocycles. The SMILES string of the molecule is C[C@@H]1CN(c2ncc(Cl)c(N3CC(C(=O)N(C)C(C)(C)c4cnc5ccccn45)C3)n2)CCN1C(=O)O.